The van der Waals surface area contributed by atoms with Crippen molar-refractivity contribution in [3.05, 3.63) is 41.6 Å². The predicted molar refractivity (Wildman–Crippen MR) is 69.5 cm³/mol. The van der Waals surface area contributed by atoms with Crippen molar-refractivity contribution in [1.82, 2.24) is 9.78 Å². The Hall–Kier alpha value is -2.24. The molecule has 0 aliphatic rings. The quantitative estimate of drug-likeness (QED) is 0.918. The number of carbonyl (C=O) groups is 1. The Bertz CT molecular complexity index is 672. The van der Waals surface area contributed by atoms with Crippen molar-refractivity contribution >= 4 is 5.97 Å². The normalized spacial score (nSPS) is 11.7. The summed E-state index contributed by atoms with van der Waals surface area (Å²) in [6, 6.07) is 3.59. The van der Waals surface area contributed by atoms with Gasteiger partial charge in [0.05, 0.1) is 5.54 Å². The van der Waals surface area contributed by atoms with Gasteiger partial charge in [0.2, 0.25) is 0 Å². The van der Waals surface area contributed by atoms with Gasteiger partial charge in [-0.25, -0.2) is 13.6 Å². The monoisotopic (exact) mass is 280 g/mol. The Morgan fingerprint density at radius 3 is 2.50 bits per heavy atom. The number of carboxylic acids is 1. The summed E-state index contributed by atoms with van der Waals surface area (Å²) in [5.41, 5.74) is -0.869. The molecule has 0 aliphatic carbocycles. The molecule has 2 aromatic rings. The van der Waals surface area contributed by atoms with Gasteiger partial charge in [-0.2, -0.15) is 5.10 Å². The summed E-state index contributed by atoms with van der Waals surface area (Å²) in [5, 5.41) is 13.3. The van der Waals surface area contributed by atoms with Gasteiger partial charge in [0.1, 0.15) is 11.3 Å². The largest absolute Gasteiger partial charge is 0.478 e. The second-order valence-corrected chi connectivity index (χ2v) is 5.41. The van der Waals surface area contributed by atoms with E-state index in [1.807, 2.05) is 20.8 Å². The van der Waals surface area contributed by atoms with Gasteiger partial charge in [-0.05, 0) is 32.9 Å². The zero-order valence-corrected chi connectivity index (χ0v) is 11.3. The molecule has 20 heavy (non-hydrogen) atoms. The van der Waals surface area contributed by atoms with Crippen LogP contribution in [-0.2, 0) is 5.54 Å². The highest BCUT2D eigenvalue weighted by molar-refractivity contribution is 5.94. The Morgan fingerprint density at radius 1 is 1.30 bits per heavy atom. The van der Waals surface area contributed by atoms with Crippen molar-refractivity contribution < 1.29 is 18.7 Å². The molecule has 0 saturated carbocycles. The van der Waals surface area contributed by atoms with Gasteiger partial charge >= 0.3 is 5.97 Å². The van der Waals surface area contributed by atoms with E-state index in [1.165, 1.54) is 23.0 Å². The Balaban J connectivity index is 2.70. The highest BCUT2D eigenvalue weighted by atomic mass is 19.2. The smallest absolute Gasteiger partial charge is 0.339 e. The van der Waals surface area contributed by atoms with Crippen LogP contribution < -0.4 is 0 Å². The van der Waals surface area contributed by atoms with Crippen LogP contribution in [0.3, 0.4) is 0 Å². The van der Waals surface area contributed by atoms with Crippen LogP contribution in [0.1, 0.15) is 31.1 Å². The second kappa shape index (κ2) is 4.70. The van der Waals surface area contributed by atoms with Crippen molar-refractivity contribution in [3.63, 3.8) is 0 Å². The highest BCUT2D eigenvalue weighted by Crippen LogP contribution is 2.28. The molecule has 0 fully saturated rings. The fourth-order valence-electron chi connectivity index (χ4n) is 1.76. The van der Waals surface area contributed by atoms with Gasteiger partial charge in [0.15, 0.2) is 11.6 Å². The minimum atomic E-state index is -1.24. The van der Waals surface area contributed by atoms with E-state index in [1.54, 1.807) is 0 Å². The van der Waals surface area contributed by atoms with Gasteiger partial charge in [-0.3, -0.25) is 4.68 Å². The first kappa shape index (κ1) is 14.2. The van der Waals surface area contributed by atoms with Crippen LogP contribution in [0, 0.1) is 11.6 Å². The van der Waals surface area contributed by atoms with Crippen molar-refractivity contribution in [3.8, 4) is 11.3 Å². The van der Waals surface area contributed by atoms with Crippen LogP contribution in [0.2, 0.25) is 0 Å². The average Bonchev–Trinajstić information content (AvgIpc) is 2.77. The average molecular weight is 280 g/mol. The van der Waals surface area contributed by atoms with Crippen molar-refractivity contribution in [2.24, 2.45) is 0 Å². The zero-order chi connectivity index (χ0) is 15.1. The minimum absolute atomic E-state index is 0.0792. The molecule has 0 aliphatic heterocycles. The van der Waals surface area contributed by atoms with E-state index in [0.717, 1.165) is 6.07 Å². The van der Waals surface area contributed by atoms with Gasteiger partial charge in [0, 0.05) is 11.8 Å². The molecular formula is C14H14F2N2O2. The molecule has 0 amide bonds. The second-order valence-electron chi connectivity index (χ2n) is 5.41. The standard InChI is InChI=1S/C14H14F2N2O2/c1-14(2,3)18-7-9(13(19)20)12(17-18)8-5-4-6-10(15)11(8)16/h4-7H,1-3H3,(H,19,20). The molecule has 1 heterocycles. The third-order valence-electron chi connectivity index (χ3n) is 2.84. The van der Waals surface area contributed by atoms with E-state index in [0.29, 0.717) is 0 Å². The lowest BCUT2D eigenvalue weighted by Crippen LogP contribution is -2.22. The van der Waals surface area contributed by atoms with E-state index in [2.05, 4.69) is 5.10 Å². The third-order valence-corrected chi connectivity index (χ3v) is 2.84. The van der Waals surface area contributed by atoms with Crippen molar-refractivity contribution in [2.45, 2.75) is 26.3 Å². The summed E-state index contributed by atoms with van der Waals surface area (Å²) in [6.45, 7) is 5.49. The molecule has 4 nitrogen and oxygen atoms in total. The Kier molecular flexibility index (Phi) is 3.33. The lowest BCUT2D eigenvalue weighted by molar-refractivity contribution is 0.0697. The number of rotatable bonds is 2. The Labute approximate surface area is 114 Å². The molecule has 0 radical (unpaired) electrons. The maximum Gasteiger partial charge on any atom is 0.339 e. The van der Waals surface area contributed by atoms with Gasteiger partial charge in [0.25, 0.3) is 0 Å². The van der Waals surface area contributed by atoms with Gasteiger partial charge < -0.3 is 5.11 Å². The van der Waals surface area contributed by atoms with Gasteiger partial charge in [-0.1, -0.05) is 6.07 Å². The maximum absolute atomic E-state index is 13.8. The first-order valence-electron chi connectivity index (χ1n) is 5.99. The topological polar surface area (TPSA) is 55.1 Å². The number of nitrogens with zero attached hydrogens (tertiary/aromatic N) is 2. The van der Waals surface area contributed by atoms with Crippen LogP contribution in [0.25, 0.3) is 11.3 Å². The lowest BCUT2D eigenvalue weighted by Gasteiger charge is -2.18. The van der Waals surface area contributed by atoms with E-state index >= 15 is 0 Å². The van der Waals surface area contributed by atoms with Crippen LogP contribution in [0.5, 0.6) is 0 Å². The number of aromatic carboxylic acids is 1. The van der Waals surface area contributed by atoms with E-state index in [4.69, 9.17) is 0 Å². The number of aromatic nitrogens is 2. The SMILES string of the molecule is CC(C)(C)n1cc(C(=O)O)c(-c2cccc(F)c2F)n1. The van der Waals surface area contributed by atoms with Crippen molar-refractivity contribution in [1.29, 1.82) is 0 Å². The Morgan fingerprint density at radius 2 is 1.95 bits per heavy atom. The molecule has 6 heteroatoms. The molecule has 106 valence electrons. The summed E-state index contributed by atoms with van der Waals surface area (Å²) < 4.78 is 28.5. The van der Waals surface area contributed by atoms with Crippen LogP contribution in [-0.4, -0.2) is 20.9 Å². The van der Waals surface area contributed by atoms with Crippen LogP contribution in [0.15, 0.2) is 24.4 Å². The molecule has 1 aromatic carbocycles. The van der Waals surface area contributed by atoms with Crippen molar-refractivity contribution in [2.75, 3.05) is 0 Å². The summed E-state index contributed by atoms with van der Waals surface area (Å²) in [5.74, 6) is -3.38. The third kappa shape index (κ3) is 2.41. The first-order valence-corrected chi connectivity index (χ1v) is 5.99. The molecule has 1 aromatic heterocycles. The lowest BCUT2D eigenvalue weighted by atomic mass is 10.1. The van der Waals surface area contributed by atoms with E-state index < -0.39 is 23.1 Å². The fraction of sp³-hybridized carbons (Fsp3) is 0.286. The number of halogens is 2. The molecule has 0 saturated heterocycles. The maximum atomic E-state index is 13.8. The summed E-state index contributed by atoms with van der Waals surface area (Å²) in [7, 11) is 0. The molecular weight excluding hydrogens is 266 g/mol. The molecule has 0 unspecified atom stereocenters. The predicted octanol–water partition coefficient (Wildman–Crippen LogP) is 3.28. The van der Waals surface area contributed by atoms with Gasteiger partial charge in [-0.15, -0.1) is 0 Å². The van der Waals surface area contributed by atoms with E-state index in [-0.39, 0.29) is 16.8 Å². The number of hydrogen-bond acceptors (Lipinski definition) is 2. The van der Waals surface area contributed by atoms with Crippen LogP contribution >= 0.6 is 0 Å². The number of hydrogen-bond donors (Lipinski definition) is 1. The fourth-order valence-corrected chi connectivity index (χ4v) is 1.76. The molecule has 0 bridgehead atoms. The molecule has 0 atom stereocenters. The highest BCUT2D eigenvalue weighted by Gasteiger charge is 2.24. The summed E-state index contributed by atoms with van der Waals surface area (Å²) in [6.07, 6.45) is 1.32. The molecule has 2 rings (SSSR count). The first-order chi connectivity index (χ1) is 9.21. The summed E-state index contributed by atoms with van der Waals surface area (Å²) in [4.78, 5) is 11.3. The summed E-state index contributed by atoms with van der Waals surface area (Å²) >= 11 is 0. The van der Waals surface area contributed by atoms with Crippen LogP contribution in [0.4, 0.5) is 8.78 Å². The number of benzene rings is 1. The molecule has 0 spiro atoms. The molecule has 1 N–H and O–H groups in total. The zero-order valence-electron chi connectivity index (χ0n) is 11.3. The number of carboxylic acid groups (broad SMARTS) is 1. The van der Waals surface area contributed by atoms with E-state index in [9.17, 15) is 18.7 Å². The minimum Gasteiger partial charge on any atom is -0.478 e.